The average molecular weight is 561 g/mol. The van der Waals surface area contributed by atoms with Crippen LogP contribution >= 0.6 is 0 Å². The lowest BCUT2D eigenvalue weighted by Crippen LogP contribution is -1.97. The van der Waals surface area contributed by atoms with Gasteiger partial charge in [-0.25, -0.2) is 9.97 Å². The third kappa shape index (κ3) is 3.28. The molecule has 0 unspecified atom stereocenters. The lowest BCUT2D eigenvalue weighted by atomic mass is 10.1. The summed E-state index contributed by atoms with van der Waals surface area (Å²) in [6, 6.07) is 51.8. The molecule has 0 saturated heterocycles. The first-order valence-electron chi connectivity index (χ1n) is 14.9. The predicted molar refractivity (Wildman–Crippen MR) is 183 cm³/mol. The van der Waals surface area contributed by atoms with Crippen LogP contribution < -0.4 is 0 Å². The molecular weight excluding hydrogens is 536 g/mol. The minimum atomic E-state index is 0.938. The van der Waals surface area contributed by atoms with Crippen LogP contribution in [0, 0.1) is 0 Å². The Morgan fingerprint density at radius 2 is 0.727 bits per heavy atom. The normalized spacial score (nSPS) is 12.1. The molecule has 0 N–H and O–H groups in total. The SMILES string of the molecule is c1ccc2cc(-n3c4nc5ccccc5cc4c4c3c3cc5ccccc5nc3n4-c3ccc4ccccc4c3)ccc2c1. The smallest absolute Gasteiger partial charge is 0.147 e. The second-order valence-electron chi connectivity index (χ2n) is 11.5. The van der Waals surface area contributed by atoms with Gasteiger partial charge in [-0.15, -0.1) is 0 Å². The van der Waals surface area contributed by atoms with Crippen LogP contribution in [0.15, 0.2) is 146 Å². The maximum Gasteiger partial charge on any atom is 0.147 e. The van der Waals surface area contributed by atoms with E-state index in [1.165, 1.54) is 21.5 Å². The van der Waals surface area contributed by atoms with Crippen molar-refractivity contribution in [3.8, 4) is 11.4 Å². The van der Waals surface area contributed by atoms with Crippen molar-refractivity contribution in [2.24, 2.45) is 0 Å². The summed E-state index contributed by atoms with van der Waals surface area (Å²) in [5, 5.41) is 9.26. The fourth-order valence-corrected chi connectivity index (χ4v) is 6.95. The van der Waals surface area contributed by atoms with Crippen LogP contribution in [-0.4, -0.2) is 19.1 Å². The van der Waals surface area contributed by atoms with Crippen LogP contribution in [0.1, 0.15) is 0 Å². The van der Waals surface area contributed by atoms with Crippen molar-refractivity contribution in [2.75, 3.05) is 0 Å². The highest BCUT2D eigenvalue weighted by atomic mass is 15.1. The lowest BCUT2D eigenvalue weighted by molar-refractivity contribution is 1.15. The summed E-state index contributed by atoms with van der Waals surface area (Å²) in [7, 11) is 0. The highest BCUT2D eigenvalue weighted by Crippen LogP contribution is 2.42. The van der Waals surface area contributed by atoms with Gasteiger partial charge in [-0.05, 0) is 70.1 Å². The molecule has 4 nitrogen and oxygen atoms in total. The van der Waals surface area contributed by atoms with Gasteiger partial charge in [-0.2, -0.15) is 0 Å². The van der Waals surface area contributed by atoms with Crippen molar-refractivity contribution in [3.05, 3.63) is 146 Å². The first-order valence-corrected chi connectivity index (χ1v) is 14.9. The van der Waals surface area contributed by atoms with E-state index in [2.05, 4.69) is 155 Å². The van der Waals surface area contributed by atoms with Crippen LogP contribution in [-0.2, 0) is 0 Å². The van der Waals surface area contributed by atoms with E-state index in [-0.39, 0.29) is 0 Å². The third-order valence-electron chi connectivity index (χ3n) is 9.00. The monoisotopic (exact) mass is 560 g/mol. The van der Waals surface area contributed by atoms with E-state index in [0.29, 0.717) is 0 Å². The van der Waals surface area contributed by atoms with E-state index in [0.717, 1.165) is 66.3 Å². The quantitative estimate of drug-likeness (QED) is 0.211. The van der Waals surface area contributed by atoms with Crippen molar-refractivity contribution >= 4 is 76.5 Å². The summed E-state index contributed by atoms with van der Waals surface area (Å²) < 4.78 is 4.69. The van der Waals surface area contributed by atoms with Gasteiger partial charge in [0.25, 0.3) is 0 Å². The number of rotatable bonds is 2. The zero-order valence-electron chi connectivity index (χ0n) is 23.6. The Kier molecular flexibility index (Phi) is 4.69. The van der Waals surface area contributed by atoms with E-state index in [1.54, 1.807) is 0 Å². The molecule has 0 fully saturated rings. The molecule has 0 bridgehead atoms. The van der Waals surface area contributed by atoms with Crippen LogP contribution in [0.4, 0.5) is 0 Å². The number of hydrogen-bond acceptors (Lipinski definition) is 2. The zero-order chi connectivity index (χ0) is 28.8. The van der Waals surface area contributed by atoms with Crippen LogP contribution in [0.25, 0.3) is 87.8 Å². The lowest BCUT2D eigenvalue weighted by Gasteiger charge is -2.11. The second kappa shape index (κ2) is 8.76. The van der Waals surface area contributed by atoms with E-state index < -0.39 is 0 Å². The highest BCUT2D eigenvalue weighted by Gasteiger charge is 2.25. The molecule has 4 heteroatoms. The van der Waals surface area contributed by atoms with Crippen LogP contribution in [0.5, 0.6) is 0 Å². The predicted octanol–water partition coefficient (Wildman–Crippen LogP) is 10.1. The van der Waals surface area contributed by atoms with E-state index >= 15 is 0 Å². The standard InChI is InChI=1S/C40H24N4/c1-3-11-27-21-31(19-17-25(27)9-1)43-37-33-23-29-13-6-8-16-36(29)42-40(33)44(32-20-18-26-10-2-4-12-28(26)22-32)38(37)34-24-30-14-5-7-15-35(30)41-39(34)43/h1-24H. The van der Waals surface area contributed by atoms with Crippen molar-refractivity contribution < 1.29 is 0 Å². The Balaban J connectivity index is 1.45. The van der Waals surface area contributed by atoms with E-state index in [1.807, 2.05) is 0 Å². The summed E-state index contributed by atoms with van der Waals surface area (Å²) in [6.07, 6.45) is 0. The van der Waals surface area contributed by atoms with Gasteiger partial charge in [0.15, 0.2) is 0 Å². The molecule has 4 heterocycles. The van der Waals surface area contributed by atoms with Gasteiger partial charge < -0.3 is 0 Å². The summed E-state index contributed by atoms with van der Waals surface area (Å²) in [6.45, 7) is 0. The molecule has 0 radical (unpaired) electrons. The summed E-state index contributed by atoms with van der Waals surface area (Å²) in [5.41, 5.74) is 8.22. The van der Waals surface area contributed by atoms with Gasteiger partial charge >= 0.3 is 0 Å². The number of hydrogen-bond donors (Lipinski definition) is 0. The van der Waals surface area contributed by atoms with Crippen molar-refractivity contribution in [3.63, 3.8) is 0 Å². The fraction of sp³-hybridized carbons (Fsp3) is 0. The Bertz CT molecular complexity index is 2590. The largest absolute Gasteiger partial charge is 0.292 e. The number of para-hydroxylation sites is 2. The molecule has 204 valence electrons. The first kappa shape index (κ1) is 23.6. The van der Waals surface area contributed by atoms with Crippen molar-refractivity contribution in [1.29, 1.82) is 0 Å². The highest BCUT2D eigenvalue weighted by molar-refractivity contribution is 6.21. The average Bonchev–Trinajstić information content (AvgIpc) is 3.57. The van der Waals surface area contributed by atoms with Crippen molar-refractivity contribution in [1.82, 2.24) is 19.1 Å². The Hall–Kier alpha value is -6.00. The molecule has 4 aromatic heterocycles. The van der Waals surface area contributed by atoms with Crippen LogP contribution in [0.3, 0.4) is 0 Å². The molecule has 10 rings (SSSR count). The molecule has 0 aliphatic heterocycles. The topological polar surface area (TPSA) is 35.6 Å². The van der Waals surface area contributed by atoms with Gasteiger partial charge in [0.1, 0.15) is 11.3 Å². The second-order valence-corrected chi connectivity index (χ2v) is 11.5. The number of pyridine rings is 2. The number of benzene rings is 6. The molecular formula is C40H24N4. The number of fused-ring (bicyclic) bond motifs is 9. The number of aromatic nitrogens is 4. The molecule has 0 aliphatic carbocycles. The zero-order valence-corrected chi connectivity index (χ0v) is 23.6. The van der Waals surface area contributed by atoms with Crippen molar-refractivity contribution in [2.45, 2.75) is 0 Å². The summed E-state index contributed by atoms with van der Waals surface area (Å²) in [4.78, 5) is 10.7. The molecule has 10 aromatic rings. The molecule has 44 heavy (non-hydrogen) atoms. The molecule has 0 amide bonds. The van der Waals surface area contributed by atoms with Crippen LogP contribution in [0.2, 0.25) is 0 Å². The Morgan fingerprint density at radius 3 is 1.18 bits per heavy atom. The summed E-state index contributed by atoms with van der Waals surface area (Å²) in [5.74, 6) is 0. The molecule has 6 aromatic carbocycles. The Morgan fingerprint density at radius 1 is 0.341 bits per heavy atom. The van der Waals surface area contributed by atoms with Gasteiger partial charge in [-0.1, -0.05) is 97.1 Å². The maximum absolute atomic E-state index is 5.33. The summed E-state index contributed by atoms with van der Waals surface area (Å²) >= 11 is 0. The van der Waals surface area contributed by atoms with Gasteiger partial charge in [0.2, 0.25) is 0 Å². The fourth-order valence-electron chi connectivity index (χ4n) is 6.95. The minimum Gasteiger partial charge on any atom is -0.292 e. The van der Waals surface area contributed by atoms with E-state index in [4.69, 9.17) is 9.97 Å². The maximum atomic E-state index is 5.33. The minimum absolute atomic E-state index is 0.938. The van der Waals surface area contributed by atoms with Gasteiger partial charge in [0.05, 0.1) is 22.1 Å². The van der Waals surface area contributed by atoms with Gasteiger partial charge in [-0.3, -0.25) is 9.13 Å². The molecule has 0 aliphatic rings. The third-order valence-corrected chi connectivity index (χ3v) is 9.00. The number of nitrogens with zero attached hydrogens (tertiary/aromatic N) is 4. The molecule has 0 saturated carbocycles. The Labute approximate surface area is 252 Å². The molecule has 0 atom stereocenters. The first-order chi connectivity index (χ1) is 21.8. The molecule has 0 spiro atoms. The van der Waals surface area contributed by atoms with E-state index in [9.17, 15) is 0 Å². The van der Waals surface area contributed by atoms with Gasteiger partial charge in [0, 0.05) is 32.9 Å².